The largest absolute Gasteiger partial charge is 0.497 e. The van der Waals surface area contributed by atoms with Gasteiger partial charge in [-0.05, 0) is 30.0 Å². The molecular weight excluding hydrogens is 198 g/mol. The van der Waals surface area contributed by atoms with Gasteiger partial charge >= 0.3 is 0 Å². The minimum atomic E-state index is -0.0299. The van der Waals surface area contributed by atoms with Crippen molar-refractivity contribution < 1.29 is 9.53 Å². The van der Waals surface area contributed by atoms with Crippen molar-refractivity contribution in [3.8, 4) is 5.75 Å². The molecule has 14 heavy (non-hydrogen) atoms. The fourth-order valence-electron chi connectivity index (χ4n) is 0.959. The van der Waals surface area contributed by atoms with E-state index >= 15 is 0 Å². The van der Waals surface area contributed by atoms with Crippen LogP contribution < -0.4 is 10.1 Å². The fraction of sp³-hybridized carbons (Fsp3) is 0.300. The van der Waals surface area contributed by atoms with Gasteiger partial charge in [-0.2, -0.15) is 0 Å². The molecule has 76 valence electrons. The lowest BCUT2D eigenvalue weighted by molar-refractivity contribution is 0.270. The number of carbonyl (C=O) groups excluding carboxylic acids is 1. The van der Waals surface area contributed by atoms with Gasteiger partial charge in [0.2, 0.25) is 0 Å². The molecule has 0 radical (unpaired) electrons. The Labute approximate surface area is 87.8 Å². The number of ether oxygens (including phenoxy) is 1. The second-order valence-corrected chi connectivity index (χ2v) is 3.81. The molecule has 0 aliphatic rings. The molecule has 0 aliphatic heterocycles. The molecule has 0 saturated heterocycles. The predicted molar refractivity (Wildman–Crippen MR) is 60.1 cm³/mol. The summed E-state index contributed by atoms with van der Waals surface area (Å²) >= 11 is 1.25. The zero-order chi connectivity index (χ0) is 10.4. The normalized spacial score (nSPS) is 9.57. The van der Waals surface area contributed by atoms with Crippen LogP contribution in [0.4, 0.5) is 10.5 Å². The van der Waals surface area contributed by atoms with E-state index in [1.807, 2.05) is 31.2 Å². The van der Waals surface area contributed by atoms with Gasteiger partial charge in [-0.1, -0.05) is 18.7 Å². The van der Waals surface area contributed by atoms with E-state index in [0.717, 1.165) is 17.2 Å². The summed E-state index contributed by atoms with van der Waals surface area (Å²) in [5, 5.41) is 2.73. The van der Waals surface area contributed by atoms with Gasteiger partial charge < -0.3 is 10.1 Å². The summed E-state index contributed by atoms with van der Waals surface area (Å²) in [5.41, 5.74) is 0.789. The van der Waals surface area contributed by atoms with E-state index in [2.05, 4.69) is 5.32 Å². The van der Waals surface area contributed by atoms with Gasteiger partial charge in [0, 0.05) is 5.69 Å². The third-order valence-corrected chi connectivity index (χ3v) is 2.26. The topological polar surface area (TPSA) is 38.3 Å². The average molecular weight is 211 g/mol. The van der Waals surface area contributed by atoms with E-state index in [1.54, 1.807) is 7.11 Å². The van der Waals surface area contributed by atoms with E-state index < -0.39 is 0 Å². The van der Waals surface area contributed by atoms with Crippen LogP contribution in [0.25, 0.3) is 0 Å². The van der Waals surface area contributed by atoms with Crippen LogP contribution in [0.5, 0.6) is 5.75 Å². The van der Waals surface area contributed by atoms with Crippen LogP contribution in [0.1, 0.15) is 6.92 Å². The van der Waals surface area contributed by atoms with E-state index in [1.165, 1.54) is 11.8 Å². The maximum atomic E-state index is 11.2. The van der Waals surface area contributed by atoms with Crippen LogP contribution in [0.15, 0.2) is 24.3 Å². The van der Waals surface area contributed by atoms with Crippen LogP contribution >= 0.6 is 11.8 Å². The standard InChI is InChI=1S/C10H13NO2S/c1-3-14-10(12)11-8-4-6-9(13-2)7-5-8/h4-7H,3H2,1-2H3,(H,11,12). The maximum absolute atomic E-state index is 11.2. The second kappa shape index (κ2) is 5.54. The van der Waals surface area contributed by atoms with Crippen molar-refractivity contribution in [2.24, 2.45) is 0 Å². The van der Waals surface area contributed by atoms with Crippen molar-refractivity contribution >= 4 is 22.7 Å². The Balaban J connectivity index is 2.55. The van der Waals surface area contributed by atoms with Gasteiger partial charge in [-0.25, -0.2) is 0 Å². The molecule has 4 heteroatoms. The number of hydrogen-bond acceptors (Lipinski definition) is 3. The molecule has 0 atom stereocenters. The number of nitrogens with one attached hydrogen (secondary N) is 1. The minimum Gasteiger partial charge on any atom is -0.497 e. The first-order chi connectivity index (χ1) is 6.76. The smallest absolute Gasteiger partial charge is 0.283 e. The van der Waals surface area contributed by atoms with Crippen molar-refractivity contribution in [3.63, 3.8) is 0 Å². The lowest BCUT2D eigenvalue weighted by Crippen LogP contribution is -2.04. The third kappa shape index (κ3) is 3.30. The highest BCUT2D eigenvalue weighted by Crippen LogP contribution is 2.16. The van der Waals surface area contributed by atoms with Gasteiger partial charge in [0.25, 0.3) is 5.24 Å². The monoisotopic (exact) mass is 211 g/mol. The Morgan fingerprint density at radius 3 is 2.57 bits per heavy atom. The SMILES string of the molecule is CCSC(=O)Nc1ccc(OC)cc1. The number of carbonyl (C=O) groups is 1. The molecule has 0 saturated carbocycles. The number of amides is 1. The Morgan fingerprint density at radius 1 is 1.43 bits per heavy atom. The zero-order valence-corrected chi connectivity index (χ0v) is 9.06. The Hall–Kier alpha value is -1.16. The van der Waals surface area contributed by atoms with Crippen molar-refractivity contribution in [2.75, 3.05) is 18.2 Å². The number of benzene rings is 1. The molecule has 1 aromatic carbocycles. The molecule has 1 amide bonds. The molecule has 1 rings (SSSR count). The van der Waals surface area contributed by atoms with Crippen LogP contribution in [-0.4, -0.2) is 18.1 Å². The number of rotatable bonds is 3. The lowest BCUT2D eigenvalue weighted by Gasteiger charge is -2.04. The number of anilines is 1. The molecule has 0 fully saturated rings. The van der Waals surface area contributed by atoms with Gasteiger partial charge in [-0.15, -0.1) is 0 Å². The van der Waals surface area contributed by atoms with Gasteiger partial charge in [-0.3, -0.25) is 4.79 Å². The molecule has 0 spiro atoms. The summed E-state index contributed by atoms with van der Waals surface area (Å²) in [6.45, 7) is 1.94. The van der Waals surface area contributed by atoms with Crippen LogP contribution in [0.3, 0.4) is 0 Å². The first-order valence-corrected chi connectivity index (χ1v) is 5.32. The minimum absolute atomic E-state index is 0.0299. The molecule has 0 unspecified atom stereocenters. The van der Waals surface area contributed by atoms with Crippen LogP contribution in [-0.2, 0) is 0 Å². The van der Waals surface area contributed by atoms with E-state index in [4.69, 9.17) is 4.74 Å². The molecule has 0 aliphatic carbocycles. The Morgan fingerprint density at radius 2 is 2.07 bits per heavy atom. The third-order valence-electron chi connectivity index (χ3n) is 1.61. The average Bonchev–Trinajstić information content (AvgIpc) is 2.19. The van der Waals surface area contributed by atoms with Crippen LogP contribution in [0, 0.1) is 0 Å². The lowest BCUT2D eigenvalue weighted by atomic mass is 10.3. The summed E-state index contributed by atoms with van der Waals surface area (Å²) < 4.78 is 5.00. The first-order valence-electron chi connectivity index (χ1n) is 4.34. The van der Waals surface area contributed by atoms with Crippen molar-refractivity contribution in [1.29, 1.82) is 0 Å². The summed E-state index contributed by atoms with van der Waals surface area (Å²) in [7, 11) is 1.61. The molecule has 1 N–H and O–H groups in total. The zero-order valence-electron chi connectivity index (χ0n) is 8.24. The molecule has 0 aromatic heterocycles. The molecule has 3 nitrogen and oxygen atoms in total. The highest BCUT2D eigenvalue weighted by Gasteiger charge is 2.00. The maximum Gasteiger partial charge on any atom is 0.283 e. The predicted octanol–water partition coefficient (Wildman–Crippen LogP) is 2.98. The Bertz CT molecular complexity index is 297. The molecule has 0 heterocycles. The fourth-order valence-corrected chi connectivity index (χ4v) is 1.41. The molecular formula is C10H13NO2S. The van der Waals surface area contributed by atoms with Gasteiger partial charge in [0.05, 0.1) is 7.11 Å². The molecule has 1 aromatic rings. The van der Waals surface area contributed by atoms with E-state index in [-0.39, 0.29) is 5.24 Å². The van der Waals surface area contributed by atoms with Gasteiger partial charge in [0.1, 0.15) is 5.75 Å². The van der Waals surface area contributed by atoms with Gasteiger partial charge in [0.15, 0.2) is 0 Å². The summed E-state index contributed by atoms with van der Waals surface area (Å²) in [4.78, 5) is 11.2. The second-order valence-electron chi connectivity index (χ2n) is 2.57. The van der Waals surface area contributed by atoms with Crippen molar-refractivity contribution in [3.05, 3.63) is 24.3 Å². The molecule has 0 bridgehead atoms. The quantitative estimate of drug-likeness (QED) is 0.835. The van der Waals surface area contributed by atoms with Crippen molar-refractivity contribution in [1.82, 2.24) is 0 Å². The van der Waals surface area contributed by atoms with E-state index in [9.17, 15) is 4.79 Å². The number of hydrogen-bond donors (Lipinski definition) is 1. The highest BCUT2D eigenvalue weighted by atomic mass is 32.2. The van der Waals surface area contributed by atoms with Crippen LogP contribution in [0.2, 0.25) is 0 Å². The Kier molecular flexibility index (Phi) is 4.32. The summed E-state index contributed by atoms with van der Waals surface area (Å²) in [6.07, 6.45) is 0. The van der Waals surface area contributed by atoms with Crippen molar-refractivity contribution in [2.45, 2.75) is 6.92 Å². The number of thioether (sulfide) groups is 1. The van der Waals surface area contributed by atoms with E-state index in [0.29, 0.717) is 0 Å². The summed E-state index contributed by atoms with van der Waals surface area (Å²) in [5.74, 6) is 1.56. The summed E-state index contributed by atoms with van der Waals surface area (Å²) in [6, 6.07) is 7.25. The highest BCUT2D eigenvalue weighted by molar-refractivity contribution is 8.13. The first kappa shape index (κ1) is 10.9. The number of methoxy groups -OCH3 is 1.